The van der Waals surface area contributed by atoms with Crippen molar-refractivity contribution in [2.24, 2.45) is 0 Å². The molecule has 0 aliphatic carbocycles. The Bertz CT molecular complexity index is 619. The summed E-state index contributed by atoms with van der Waals surface area (Å²) in [6.45, 7) is 4.17. The largest absolute Gasteiger partial charge is 0.462 e. The number of carbonyl (C=O) groups is 2. The molecule has 2 rings (SSSR count). The number of hydrogen-bond donors (Lipinski definition) is 0. The Morgan fingerprint density at radius 3 is 2.60 bits per heavy atom. The lowest BCUT2D eigenvalue weighted by Crippen LogP contribution is -2.39. The second kappa shape index (κ2) is 6.43. The van der Waals surface area contributed by atoms with Crippen LogP contribution in [-0.2, 0) is 11.3 Å². The molecule has 5 heteroatoms. The molecule has 2 aromatic rings. The topological polar surface area (TPSA) is 47.2 Å². The zero-order valence-corrected chi connectivity index (χ0v) is 12.3. The summed E-state index contributed by atoms with van der Waals surface area (Å²) in [6.07, 6.45) is 0. The zero-order chi connectivity index (χ0) is 14.5. The maximum Gasteiger partial charge on any atom is 0.355 e. The van der Waals surface area contributed by atoms with Crippen LogP contribution in [0.1, 0.15) is 32.6 Å². The van der Waals surface area contributed by atoms with Gasteiger partial charge in [0, 0.05) is 12.5 Å². The minimum absolute atomic E-state index is 0.0203. The Morgan fingerprint density at radius 2 is 1.95 bits per heavy atom. The van der Waals surface area contributed by atoms with Crippen molar-refractivity contribution in [1.82, 2.24) is 0 Å². The van der Waals surface area contributed by atoms with Gasteiger partial charge in [0.1, 0.15) is 0 Å². The van der Waals surface area contributed by atoms with Crippen molar-refractivity contribution in [3.8, 4) is 0 Å². The van der Waals surface area contributed by atoms with Gasteiger partial charge in [0.15, 0.2) is 4.88 Å². The normalized spacial score (nSPS) is 10.3. The van der Waals surface area contributed by atoms with Crippen molar-refractivity contribution in [1.29, 1.82) is 0 Å². The van der Waals surface area contributed by atoms with Gasteiger partial charge in [-0.2, -0.15) is 4.57 Å². The number of rotatable bonds is 5. The highest BCUT2D eigenvalue weighted by Gasteiger charge is 2.24. The fourth-order valence-electron chi connectivity index (χ4n) is 1.83. The molecule has 0 spiro atoms. The van der Waals surface area contributed by atoms with E-state index in [4.69, 9.17) is 4.74 Å². The smallest absolute Gasteiger partial charge is 0.355 e. The van der Waals surface area contributed by atoms with E-state index in [9.17, 15) is 9.59 Å². The summed E-state index contributed by atoms with van der Waals surface area (Å²) in [6, 6.07) is 9.12. The van der Waals surface area contributed by atoms with Crippen LogP contribution in [0.3, 0.4) is 0 Å². The predicted molar refractivity (Wildman–Crippen MR) is 76.0 cm³/mol. The second-order valence-electron chi connectivity index (χ2n) is 4.28. The standard InChI is InChI=1S/C15H16NO3S/c1-3-19-15(18)14-11(2)16(10-20-14)9-13(17)12-7-5-4-6-8-12/h4-8,10H,3,9H2,1-2H3/q+1. The van der Waals surface area contributed by atoms with Crippen LogP contribution in [0.4, 0.5) is 0 Å². The average Bonchev–Trinajstić information content (AvgIpc) is 2.81. The third-order valence-electron chi connectivity index (χ3n) is 2.93. The number of ether oxygens (including phenoxy) is 1. The summed E-state index contributed by atoms with van der Waals surface area (Å²) in [5.74, 6) is -0.312. The molecule has 0 radical (unpaired) electrons. The van der Waals surface area contributed by atoms with Crippen molar-refractivity contribution in [3.63, 3.8) is 0 Å². The second-order valence-corrected chi connectivity index (χ2v) is 5.13. The third-order valence-corrected chi connectivity index (χ3v) is 3.99. The summed E-state index contributed by atoms with van der Waals surface area (Å²) < 4.78 is 6.77. The van der Waals surface area contributed by atoms with Crippen molar-refractivity contribution < 1.29 is 18.9 Å². The predicted octanol–water partition coefficient (Wildman–Crippen LogP) is 2.40. The van der Waals surface area contributed by atoms with Gasteiger partial charge in [0.25, 0.3) is 0 Å². The number of hydrogen-bond acceptors (Lipinski definition) is 4. The first kappa shape index (κ1) is 14.4. The quantitative estimate of drug-likeness (QED) is 0.482. The van der Waals surface area contributed by atoms with Gasteiger partial charge in [-0.05, 0) is 6.92 Å². The van der Waals surface area contributed by atoms with Gasteiger partial charge in [-0.1, -0.05) is 41.7 Å². The van der Waals surface area contributed by atoms with Crippen LogP contribution in [0.15, 0.2) is 35.8 Å². The van der Waals surface area contributed by atoms with E-state index in [-0.39, 0.29) is 18.3 Å². The van der Waals surface area contributed by atoms with E-state index < -0.39 is 0 Å². The molecular weight excluding hydrogens is 274 g/mol. The Balaban J connectivity index is 2.15. The summed E-state index contributed by atoms with van der Waals surface area (Å²) in [5.41, 5.74) is 3.21. The maximum absolute atomic E-state index is 12.1. The first-order valence-corrected chi connectivity index (χ1v) is 7.24. The van der Waals surface area contributed by atoms with Gasteiger partial charge >= 0.3 is 5.97 Å². The lowest BCUT2D eigenvalue weighted by Gasteiger charge is -1.99. The summed E-state index contributed by atoms with van der Waals surface area (Å²) in [7, 11) is 0. The lowest BCUT2D eigenvalue weighted by molar-refractivity contribution is -0.684. The van der Waals surface area contributed by atoms with E-state index in [1.54, 1.807) is 29.1 Å². The number of esters is 1. The Morgan fingerprint density at radius 1 is 1.25 bits per heavy atom. The van der Waals surface area contributed by atoms with E-state index in [0.29, 0.717) is 17.0 Å². The van der Waals surface area contributed by atoms with Crippen LogP contribution in [0, 0.1) is 6.92 Å². The highest BCUT2D eigenvalue weighted by molar-refractivity contribution is 7.11. The summed E-state index contributed by atoms with van der Waals surface area (Å²) >= 11 is 1.30. The molecule has 4 nitrogen and oxygen atoms in total. The molecule has 0 amide bonds. The molecule has 1 aromatic carbocycles. The molecule has 0 saturated carbocycles. The van der Waals surface area contributed by atoms with Crippen molar-refractivity contribution in [3.05, 3.63) is 52.0 Å². The van der Waals surface area contributed by atoms with Gasteiger partial charge in [-0.3, -0.25) is 4.79 Å². The van der Waals surface area contributed by atoms with Crippen molar-refractivity contribution in [2.45, 2.75) is 20.4 Å². The van der Waals surface area contributed by atoms with E-state index >= 15 is 0 Å². The van der Waals surface area contributed by atoms with Gasteiger partial charge in [0.2, 0.25) is 23.5 Å². The fourth-order valence-corrected chi connectivity index (χ4v) is 2.74. The van der Waals surface area contributed by atoms with Crippen LogP contribution < -0.4 is 4.57 Å². The third kappa shape index (κ3) is 3.11. The number of benzene rings is 1. The van der Waals surface area contributed by atoms with Crippen LogP contribution >= 0.6 is 11.3 Å². The summed E-state index contributed by atoms with van der Waals surface area (Å²) in [5, 5.41) is 0. The number of aromatic nitrogens is 1. The maximum atomic E-state index is 12.1. The van der Waals surface area contributed by atoms with Gasteiger partial charge in [-0.25, -0.2) is 4.79 Å². The van der Waals surface area contributed by atoms with Crippen molar-refractivity contribution in [2.75, 3.05) is 6.61 Å². The molecule has 0 bridgehead atoms. The molecule has 0 unspecified atom stereocenters. The minimum atomic E-state index is -0.332. The molecule has 1 heterocycles. The van der Waals surface area contributed by atoms with E-state index in [2.05, 4.69) is 0 Å². The van der Waals surface area contributed by atoms with Gasteiger partial charge < -0.3 is 4.74 Å². The molecule has 0 fully saturated rings. The molecule has 104 valence electrons. The molecule has 20 heavy (non-hydrogen) atoms. The minimum Gasteiger partial charge on any atom is -0.462 e. The van der Waals surface area contributed by atoms with Crippen LogP contribution in [0.5, 0.6) is 0 Å². The molecule has 1 aromatic heterocycles. The average molecular weight is 290 g/mol. The van der Waals surface area contributed by atoms with E-state index in [0.717, 1.165) is 5.69 Å². The Hall–Kier alpha value is -2.01. The number of Topliss-reactive ketones (excluding diaryl/α,β-unsaturated/α-hetero) is 1. The molecule has 0 aliphatic rings. The molecule has 0 aliphatic heterocycles. The highest BCUT2D eigenvalue weighted by Crippen LogP contribution is 2.13. The van der Waals surface area contributed by atoms with Crippen LogP contribution in [0.25, 0.3) is 0 Å². The fraction of sp³-hybridized carbons (Fsp3) is 0.267. The van der Waals surface area contributed by atoms with E-state index in [1.807, 2.05) is 25.1 Å². The lowest BCUT2D eigenvalue weighted by atomic mass is 10.1. The molecule has 0 saturated heterocycles. The number of thiazole rings is 1. The molecular formula is C15H16NO3S+. The van der Waals surface area contributed by atoms with Gasteiger partial charge in [-0.15, -0.1) is 0 Å². The Kier molecular flexibility index (Phi) is 4.63. The van der Waals surface area contributed by atoms with Crippen LogP contribution in [0.2, 0.25) is 0 Å². The molecule has 0 atom stereocenters. The summed E-state index contributed by atoms with van der Waals surface area (Å²) in [4.78, 5) is 24.4. The van der Waals surface area contributed by atoms with Crippen LogP contribution in [-0.4, -0.2) is 18.4 Å². The zero-order valence-electron chi connectivity index (χ0n) is 11.5. The highest BCUT2D eigenvalue weighted by atomic mass is 32.1. The monoisotopic (exact) mass is 290 g/mol. The first-order valence-electron chi connectivity index (χ1n) is 6.36. The van der Waals surface area contributed by atoms with E-state index in [1.165, 1.54) is 11.3 Å². The molecule has 0 N–H and O–H groups in total. The first-order chi connectivity index (χ1) is 9.63. The number of carbonyl (C=O) groups excluding carboxylic acids is 2. The number of ketones is 1. The van der Waals surface area contributed by atoms with Crippen molar-refractivity contribution >= 4 is 23.1 Å². The SMILES string of the molecule is CCOC(=O)c1sc[n+](CC(=O)c2ccccc2)c1C. The Labute approximate surface area is 121 Å². The number of nitrogens with zero attached hydrogens (tertiary/aromatic N) is 1. The van der Waals surface area contributed by atoms with Gasteiger partial charge in [0.05, 0.1) is 6.61 Å².